The fourth-order valence-electron chi connectivity index (χ4n) is 3.30. The van der Waals surface area contributed by atoms with Gasteiger partial charge in [-0.15, -0.1) is 0 Å². The van der Waals surface area contributed by atoms with Gasteiger partial charge in [-0.2, -0.15) is 0 Å². The number of rotatable bonds is 5. The van der Waals surface area contributed by atoms with E-state index in [-0.39, 0.29) is 6.04 Å². The molecule has 1 aromatic carbocycles. The number of nitrogens with zero attached hydrogens (tertiary/aromatic N) is 1. The first-order chi connectivity index (χ1) is 9.15. The van der Waals surface area contributed by atoms with Crippen molar-refractivity contribution < 1.29 is 0 Å². The van der Waals surface area contributed by atoms with Crippen molar-refractivity contribution in [2.24, 2.45) is 11.7 Å². The van der Waals surface area contributed by atoms with Crippen LogP contribution in [0.3, 0.4) is 0 Å². The summed E-state index contributed by atoms with van der Waals surface area (Å²) in [4.78, 5) is 2.49. The van der Waals surface area contributed by atoms with Crippen LogP contribution >= 0.6 is 0 Å². The Morgan fingerprint density at radius 1 is 1.26 bits per heavy atom. The molecule has 2 heteroatoms. The molecule has 0 spiro atoms. The number of benzene rings is 1. The normalized spacial score (nSPS) is 25.5. The maximum absolute atomic E-state index is 6.31. The van der Waals surface area contributed by atoms with Gasteiger partial charge in [0.05, 0.1) is 0 Å². The van der Waals surface area contributed by atoms with E-state index in [4.69, 9.17) is 5.73 Å². The Morgan fingerprint density at radius 2 is 2.00 bits per heavy atom. The molecule has 3 unspecified atom stereocenters. The van der Waals surface area contributed by atoms with E-state index in [1.54, 1.807) is 0 Å². The quantitative estimate of drug-likeness (QED) is 0.881. The van der Waals surface area contributed by atoms with Gasteiger partial charge in [0.1, 0.15) is 0 Å². The van der Waals surface area contributed by atoms with Gasteiger partial charge in [-0.3, -0.25) is 0 Å². The molecule has 1 saturated carbocycles. The SMILES string of the molecule is CC1CCCC(N(C)CC(N)Cc2ccccc2)C1. The predicted octanol–water partition coefficient (Wildman–Crippen LogP) is 3.07. The number of hydrogen-bond acceptors (Lipinski definition) is 2. The van der Waals surface area contributed by atoms with E-state index in [1.165, 1.54) is 31.2 Å². The van der Waals surface area contributed by atoms with Crippen LogP contribution in [0, 0.1) is 5.92 Å². The number of nitrogens with two attached hydrogens (primary N) is 1. The summed E-state index contributed by atoms with van der Waals surface area (Å²) in [5, 5.41) is 0. The van der Waals surface area contributed by atoms with Crippen LogP contribution in [0.25, 0.3) is 0 Å². The molecule has 0 aromatic heterocycles. The Hall–Kier alpha value is -0.860. The highest BCUT2D eigenvalue weighted by atomic mass is 15.1. The molecule has 2 N–H and O–H groups in total. The van der Waals surface area contributed by atoms with Crippen LogP contribution in [0.5, 0.6) is 0 Å². The van der Waals surface area contributed by atoms with Crippen molar-refractivity contribution in [2.45, 2.75) is 51.1 Å². The van der Waals surface area contributed by atoms with Crippen molar-refractivity contribution in [3.05, 3.63) is 35.9 Å². The highest BCUT2D eigenvalue weighted by Crippen LogP contribution is 2.26. The van der Waals surface area contributed by atoms with Gasteiger partial charge in [-0.05, 0) is 37.8 Å². The molecule has 0 amide bonds. The van der Waals surface area contributed by atoms with E-state index in [1.807, 2.05) is 0 Å². The van der Waals surface area contributed by atoms with E-state index in [0.717, 1.165) is 24.9 Å². The molecular formula is C17H28N2. The standard InChI is InChI=1S/C17H28N2/c1-14-7-6-10-17(11-14)19(2)13-16(18)12-15-8-4-3-5-9-15/h3-5,8-9,14,16-17H,6-7,10-13,18H2,1-2H3. The summed E-state index contributed by atoms with van der Waals surface area (Å²) < 4.78 is 0. The Bertz CT molecular complexity index is 363. The van der Waals surface area contributed by atoms with Crippen LogP contribution in [0.15, 0.2) is 30.3 Å². The van der Waals surface area contributed by atoms with Crippen molar-refractivity contribution in [2.75, 3.05) is 13.6 Å². The zero-order chi connectivity index (χ0) is 13.7. The molecule has 1 fully saturated rings. The molecule has 2 nitrogen and oxygen atoms in total. The second-order valence-electron chi connectivity index (χ2n) is 6.31. The van der Waals surface area contributed by atoms with Crippen molar-refractivity contribution in [1.29, 1.82) is 0 Å². The highest BCUT2D eigenvalue weighted by Gasteiger charge is 2.23. The van der Waals surface area contributed by atoms with E-state index < -0.39 is 0 Å². The lowest BCUT2D eigenvalue weighted by Crippen LogP contribution is -2.43. The molecule has 0 bridgehead atoms. The Kier molecular flexibility index (Phi) is 5.41. The molecule has 0 saturated heterocycles. The maximum Gasteiger partial charge on any atom is 0.0208 e. The molecule has 0 heterocycles. The lowest BCUT2D eigenvalue weighted by molar-refractivity contribution is 0.156. The Morgan fingerprint density at radius 3 is 2.68 bits per heavy atom. The fourth-order valence-corrected chi connectivity index (χ4v) is 3.30. The smallest absolute Gasteiger partial charge is 0.0208 e. The average molecular weight is 260 g/mol. The molecule has 2 rings (SSSR count). The second-order valence-corrected chi connectivity index (χ2v) is 6.31. The predicted molar refractivity (Wildman–Crippen MR) is 82.2 cm³/mol. The third kappa shape index (κ3) is 4.63. The summed E-state index contributed by atoms with van der Waals surface area (Å²) in [7, 11) is 2.24. The Balaban J connectivity index is 1.79. The summed E-state index contributed by atoms with van der Waals surface area (Å²) in [6.07, 6.45) is 6.45. The van der Waals surface area contributed by atoms with Crippen molar-refractivity contribution >= 4 is 0 Å². The third-order valence-corrected chi connectivity index (χ3v) is 4.40. The van der Waals surface area contributed by atoms with Crippen LogP contribution in [0.2, 0.25) is 0 Å². The molecule has 0 aliphatic heterocycles. The van der Waals surface area contributed by atoms with E-state index in [2.05, 4.69) is 49.2 Å². The van der Waals surface area contributed by atoms with Crippen molar-refractivity contribution in [1.82, 2.24) is 4.90 Å². The first-order valence-corrected chi connectivity index (χ1v) is 7.65. The van der Waals surface area contributed by atoms with Gasteiger partial charge < -0.3 is 10.6 Å². The molecule has 106 valence electrons. The highest BCUT2D eigenvalue weighted by molar-refractivity contribution is 5.15. The van der Waals surface area contributed by atoms with Crippen LogP contribution in [0.1, 0.15) is 38.2 Å². The van der Waals surface area contributed by atoms with Gasteiger partial charge >= 0.3 is 0 Å². The topological polar surface area (TPSA) is 29.3 Å². The van der Waals surface area contributed by atoms with Crippen LogP contribution in [0.4, 0.5) is 0 Å². The van der Waals surface area contributed by atoms with Gasteiger partial charge in [-0.25, -0.2) is 0 Å². The molecule has 1 aliphatic carbocycles. The largest absolute Gasteiger partial charge is 0.326 e. The summed E-state index contributed by atoms with van der Waals surface area (Å²) in [6.45, 7) is 3.39. The van der Waals surface area contributed by atoms with E-state index in [9.17, 15) is 0 Å². The molecule has 1 aromatic rings. The second kappa shape index (κ2) is 7.06. The van der Waals surface area contributed by atoms with Crippen molar-refractivity contribution in [3.8, 4) is 0 Å². The fraction of sp³-hybridized carbons (Fsp3) is 0.647. The lowest BCUT2D eigenvalue weighted by atomic mass is 9.86. The van der Waals surface area contributed by atoms with Gasteiger partial charge in [0.25, 0.3) is 0 Å². The lowest BCUT2D eigenvalue weighted by Gasteiger charge is -2.35. The summed E-state index contributed by atoms with van der Waals surface area (Å²) in [6, 6.07) is 11.6. The molecule has 3 atom stereocenters. The van der Waals surface area contributed by atoms with Gasteiger partial charge in [0, 0.05) is 18.6 Å². The van der Waals surface area contributed by atoms with Gasteiger partial charge in [-0.1, -0.05) is 50.1 Å². The first kappa shape index (κ1) is 14.5. The van der Waals surface area contributed by atoms with Gasteiger partial charge in [0.15, 0.2) is 0 Å². The van der Waals surface area contributed by atoms with Crippen LogP contribution in [-0.4, -0.2) is 30.6 Å². The molecule has 0 radical (unpaired) electrons. The average Bonchev–Trinajstić information content (AvgIpc) is 2.39. The maximum atomic E-state index is 6.31. The zero-order valence-electron chi connectivity index (χ0n) is 12.4. The number of likely N-dealkylation sites (N-methyl/N-ethyl adjacent to an activating group) is 1. The minimum atomic E-state index is 0.240. The minimum Gasteiger partial charge on any atom is -0.326 e. The van der Waals surface area contributed by atoms with E-state index in [0.29, 0.717) is 0 Å². The molecular weight excluding hydrogens is 232 g/mol. The summed E-state index contributed by atoms with van der Waals surface area (Å²) >= 11 is 0. The summed E-state index contributed by atoms with van der Waals surface area (Å²) in [5.74, 6) is 0.881. The number of hydrogen-bond donors (Lipinski definition) is 1. The first-order valence-electron chi connectivity index (χ1n) is 7.65. The van der Waals surface area contributed by atoms with Gasteiger partial charge in [0.2, 0.25) is 0 Å². The monoisotopic (exact) mass is 260 g/mol. The van der Waals surface area contributed by atoms with E-state index >= 15 is 0 Å². The minimum absolute atomic E-state index is 0.240. The van der Waals surface area contributed by atoms with Crippen molar-refractivity contribution in [3.63, 3.8) is 0 Å². The zero-order valence-corrected chi connectivity index (χ0v) is 12.4. The molecule has 19 heavy (non-hydrogen) atoms. The van der Waals surface area contributed by atoms with Crippen LogP contribution < -0.4 is 5.73 Å². The van der Waals surface area contributed by atoms with Crippen LogP contribution in [-0.2, 0) is 6.42 Å². The summed E-state index contributed by atoms with van der Waals surface area (Å²) in [5.41, 5.74) is 7.65. The molecule has 1 aliphatic rings. The third-order valence-electron chi connectivity index (χ3n) is 4.40. The Labute approximate surface area is 118 Å².